The van der Waals surface area contributed by atoms with Crippen LogP contribution in [-0.2, 0) is 17.9 Å². The van der Waals surface area contributed by atoms with Gasteiger partial charge in [0.15, 0.2) is 5.82 Å². The Kier molecular flexibility index (Phi) is 4.45. The molecule has 1 aromatic carbocycles. The Morgan fingerprint density at radius 3 is 2.87 bits per heavy atom. The summed E-state index contributed by atoms with van der Waals surface area (Å²) in [6.07, 6.45) is 0.0831. The quantitative estimate of drug-likeness (QED) is 0.717. The van der Waals surface area contributed by atoms with Crippen molar-refractivity contribution in [3.05, 3.63) is 57.4 Å². The number of aromatic nitrogens is 3. The van der Waals surface area contributed by atoms with E-state index >= 15 is 0 Å². The monoisotopic (exact) mass is 333 g/mol. The molecule has 0 spiro atoms. The van der Waals surface area contributed by atoms with Crippen molar-refractivity contribution < 1.29 is 9.26 Å². The molecular formula is C16H16ClN3O3. The molecule has 0 aliphatic heterocycles. The van der Waals surface area contributed by atoms with E-state index in [-0.39, 0.29) is 24.8 Å². The zero-order valence-corrected chi connectivity index (χ0v) is 13.6. The predicted molar refractivity (Wildman–Crippen MR) is 86.5 cm³/mol. The molecule has 2 heterocycles. The van der Waals surface area contributed by atoms with Crippen molar-refractivity contribution in [3.63, 3.8) is 0 Å². The van der Waals surface area contributed by atoms with Crippen LogP contribution in [0.15, 0.2) is 39.6 Å². The molecule has 0 aliphatic rings. The lowest BCUT2D eigenvalue weighted by atomic mass is 10.2. The van der Waals surface area contributed by atoms with Crippen LogP contribution < -0.4 is 5.56 Å². The maximum Gasteiger partial charge on any atom is 0.251 e. The molecule has 0 saturated carbocycles. The second kappa shape index (κ2) is 6.52. The number of halogens is 1. The zero-order valence-electron chi connectivity index (χ0n) is 12.8. The lowest BCUT2D eigenvalue weighted by Crippen LogP contribution is -2.20. The van der Waals surface area contributed by atoms with Gasteiger partial charge in [-0.2, -0.15) is 4.98 Å². The van der Waals surface area contributed by atoms with Gasteiger partial charge in [0.2, 0.25) is 5.89 Å². The smallest absolute Gasteiger partial charge is 0.251 e. The topological polar surface area (TPSA) is 70.2 Å². The molecule has 0 unspecified atom stereocenters. The van der Waals surface area contributed by atoms with Crippen LogP contribution in [0, 0.1) is 0 Å². The molecule has 0 N–H and O–H groups in total. The van der Waals surface area contributed by atoms with Gasteiger partial charge in [0, 0.05) is 11.1 Å². The zero-order chi connectivity index (χ0) is 16.4. The highest BCUT2D eigenvalue weighted by atomic mass is 35.5. The highest BCUT2D eigenvalue weighted by Crippen LogP contribution is 2.18. The SMILES string of the molecule is CC(C)OCc1noc(Cn2c(=O)ccc3ccc(Cl)cc32)n1. The second-order valence-corrected chi connectivity index (χ2v) is 5.86. The summed E-state index contributed by atoms with van der Waals surface area (Å²) in [5.41, 5.74) is 0.570. The summed E-state index contributed by atoms with van der Waals surface area (Å²) in [5.74, 6) is 0.807. The Balaban J connectivity index is 1.91. The van der Waals surface area contributed by atoms with Crippen LogP contribution in [0.5, 0.6) is 0 Å². The molecule has 0 amide bonds. The molecule has 0 fully saturated rings. The Hall–Kier alpha value is -2.18. The number of nitrogens with zero attached hydrogens (tertiary/aromatic N) is 3. The maximum absolute atomic E-state index is 12.2. The maximum atomic E-state index is 12.2. The first-order valence-corrected chi connectivity index (χ1v) is 7.63. The summed E-state index contributed by atoms with van der Waals surface area (Å²) < 4.78 is 12.2. The number of fused-ring (bicyclic) bond motifs is 1. The van der Waals surface area contributed by atoms with Gasteiger partial charge in [-0.1, -0.05) is 22.8 Å². The second-order valence-electron chi connectivity index (χ2n) is 5.42. The van der Waals surface area contributed by atoms with Gasteiger partial charge in [-0.25, -0.2) is 0 Å². The van der Waals surface area contributed by atoms with Gasteiger partial charge in [0.25, 0.3) is 5.56 Å². The molecule has 0 atom stereocenters. The van der Waals surface area contributed by atoms with E-state index in [1.54, 1.807) is 22.8 Å². The van der Waals surface area contributed by atoms with Gasteiger partial charge in [-0.05, 0) is 37.4 Å². The van der Waals surface area contributed by atoms with Gasteiger partial charge in [0.1, 0.15) is 13.2 Å². The molecular weight excluding hydrogens is 318 g/mol. The third-order valence-electron chi connectivity index (χ3n) is 3.30. The van der Waals surface area contributed by atoms with Crippen LogP contribution in [0.2, 0.25) is 5.02 Å². The van der Waals surface area contributed by atoms with Crippen LogP contribution >= 0.6 is 11.6 Å². The Labute approximate surface area is 137 Å². The molecule has 3 aromatic rings. The Bertz CT molecular complexity index is 886. The fraction of sp³-hybridized carbons (Fsp3) is 0.312. The van der Waals surface area contributed by atoms with E-state index in [0.717, 1.165) is 10.9 Å². The molecule has 6 nitrogen and oxygen atoms in total. The van der Waals surface area contributed by atoms with Crippen molar-refractivity contribution in [2.24, 2.45) is 0 Å². The first-order chi connectivity index (χ1) is 11.0. The third-order valence-corrected chi connectivity index (χ3v) is 3.54. The van der Waals surface area contributed by atoms with Crippen molar-refractivity contribution in [2.45, 2.75) is 33.1 Å². The van der Waals surface area contributed by atoms with Crippen LogP contribution in [0.1, 0.15) is 25.6 Å². The summed E-state index contributed by atoms with van der Waals surface area (Å²) >= 11 is 6.04. The summed E-state index contributed by atoms with van der Waals surface area (Å²) in [5, 5.41) is 5.34. The van der Waals surface area contributed by atoms with E-state index in [9.17, 15) is 4.79 Å². The average Bonchev–Trinajstić information content (AvgIpc) is 2.96. The third kappa shape index (κ3) is 3.60. The fourth-order valence-electron chi connectivity index (χ4n) is 2.21. The van der Waals surface area contributed by atoms with Crippen molar-refractivity contribution in [1.82, 2.24) is 14.7 Å². The lowest BCUT2D eigenvalue weighted by molar-refractivity contribution is 0.0601. The largest absolute Gasteiger partial charge is 0.371 e. The number of hydrogen-bond donors (Lipinski definition) is 0. The van der Waals surface area contributed by atoms with Gasteiger partial charge >= 0.3 is 0 Å². The minimum absolute atomic E-state index is 0.0831. The highest BCUT2D eigenvalue weighted by Gasteiger charge is 2.11. The Morgan fingerprint density at radius 2 is 2.09 bits per heavy atom. The van der Waals surface area contributed by atoms with Crippen LogP contribution in [0.25, 0.3) is 10.9 Å². The molecule has 120 valence electrons. The van der Waals surface area contributed by atoms with Gasteiger partial charge < -0.3 is 9.26 Å². The lowest BCUT2D eigenvalue weighted by Gasteiger charge is -2.07. The van der Waals surface area contributed by atoms with E-state index < -0.39 is 0 Å². The minimum atomic E-state index is -0.155. The number of rotatable bonds is 5. The van der Waals surface area contributed by atoms with E-state index in [1.807, 2.05) is 19.9 Å². The van der Waals surface area contributed by atoms with Crippen molar-refractivity contribution in [3.8, 4) is 0 Å². The van der Waals surface area contributed by atoms with E-state index in [4.69, 9.17) is 20.9 Å². The summed E-state index contributed by atoms with van der Waals surface area (Å²) in [7, 11) is 0. The first kappa shape index (κ1) is 15.7. The van der Waals surface area contributed by atoms with Gasteiger partial charge in [-0.15, -0.1) is 0 Å². The minimum Gasteiger partial charge on any atom is -0.371 e. The van der Waals surface area contributed by atoms with Crippen LogP contribution in [-0.4, -0.2) is 20.8 Å². The summed E-state index contributed by atoms with van der Waals surface area (Å²) in [6.45, 7) is 4.32. The molecule has 0 saturated heterocycles. The predicted octanol–water partition coefficient (Wildman–Crippen LogP) is 3.01. The van der Waals surface area contributed by atoms with Crippen LogP contribution in [0.3, 0.4) is 0 Å². The normalized spacial score (nSPS) is 11.5. The highest BCUT2D eigenvalue weighted by molar-refractivity contribution is 6.31. The number of ether oxygens (including phenoxy) is 1. The molecule has 0 aliphatic carbocycles. The van der Waals surface area contributed by atoms with Gasteiger partial charge in [-0.3, -0.25) is 9.36 Å². The summed E-state index contributed by atoms with van der Waals surface area (Å²) in [6, 6.07) is 8.67. The average molecular weight is 334 g/mol. The van der Waals surface area contributed by atoms with Crippen LogP contribution in [0.4, 0.5) is 0 Å². The van der Waals surface area contributed by atoms with Gasteiger partial charge in [0.05, 0.1) is 11.6 Å². The first-order valence-electron chi connectivity index (χ1n) is 7.25. The van der Waals surface area contributed by atoms with Crippen molar-refractivity contribution in [2.75, 3.05) is 0 Å². The summed E-state index contributed by atoms with van der Waals surface area (Å²) in [4.78, 5) is 16.4. The molecule has 23 heavy (non-hydrogen) atoms. The molecule has 0 bridgehead atoms. The molecule has 0 radical (unpaired) electrons. The van der Waals surface area contributed by atoms with Crippen molar-refractivity contribution in [1.29, 1.82) is 0 Å². The van der Waals surface area contributed by atoms with E-state index in [1.165, 1.54) is 6.07 Å². The standard InChI is InChI=1S/C16H16ClN3O3/c1-10(2)22-9-14-18-15(23-19-14)8-20-13-7-12(17)5-3-11(13)4-6-16(20)21/h3-7,10H,8-9H2,1-2H3. The van der Waals surface area contributed by atoms with Crippen molar-refractivity contribution >= 4 is 22.5 Å². The number of pyridine rings is 1. The number of hydrogen-bond acceptors (Lipinski definition) is 5. The number of benzene rings is 1. The molecule has 7 heteroatoms. The molecule has 2 aromatic heterocycles. The Morgan fingerprint density at radius 1 is 1.30 bits per heavy atom. The van der Waals surface area contributed by atoms with E-state index in [0.29, 0.717) is 16.7 Å². The molecule has 3 rings (SSSR count). The fourth-order valence-corrected chi connectivity index (χ4v) is 2.38. The van der Waals surface area contributed by atoms with E-state index in [2.05, 4.69) is 10.1 Å².